The SMILES string of the molecule is CC(CN(C)Cc1ccc(Cl)s1)C(N)=S. The third-order valence-electron chi connectivity index (χ3n) is 2.13. The summed E-state index contributed by atoms with van der Waals surface area (Å²) in [7, 11) is 2.06. The summed E-state index contributed by atoms with van der Waals surface area (Å²) in [5.41, 5.74) is 5.57. The molecular formula is C10H15ClN2S2. The molecule has 1 atom stereocenters. The third-order valence-corrected chi connectivity index (χ3v) is 3.74. The van der Waals surface area contributed by atoms with Crippen LogP contribution in [0, 0.1) is 5.92 Å². The summed E-state index contributed by atoms with van der Waals surface area (Å²) in [5.74, 6) is 0.250. The van der Waals surface area contributed by atoms with Crippen molar-refractivity contribution in [1.29, 1.82) is 0 Å². The minimum absolute atomic E-state index is 0.250. The van der Waals surface area contributed by atoms with Crippen LogP contribution >= 0.6 is 35.2 Å². The van der Waals surface area contributed by atoms with Crippen LogP contribution in [0.1, 0.15) is 11.8 Å². The first-order valence-corrected chi connectivity index (χ1v) is 6.31. The van der Waals surface area contributed by atoms with Crippen LogP contribution in [-0.2, 0) is 6.54 Å². The molecule has 5 heteroatoms. The molecule has 0 aliphatic rings. The fraction of sp³-hybridized carbons (Fsp3) is 0.500. The molecule has 1 rings (SSSR count). The van der Waals surface area contributed by atoms with Crippen LogP contribution in [0.2, 0.25) is 4.34 Å². The molecule has 2 N–H and O–H groups in total. The Bertz CT molecular complexity index is 338. The highest BCUT2D eigenvalue weighted by molar-refractivity contribution is 7.80. The lowest BCUT2D eigenvalue weighted by atomic mass is 10.2. The van der Waals surface area contributed by atoms with E-state index in [1.54, 1.807) is 11.3 Å². The van der Waals surface area contributed by atoms with Crippen LogP contribution in [0.25, 0.3) is 0 Å². The van der Waals surface area contributed by atoms with Crippen molar-refractivity contribution in [2.45, 2.75) is 13.5 Å². The number of nitrogens with zero attached hydrogens (tertiary/aromatic N) is 1. The second-order valence-corrected chi connectivity index (χ2v) is 5.98. The van der Waals surface area contributed by atoms with Crippen LogP contribution in [0.4, 0.5) is 0 Å². The molecule has 0 aliphatic carbocycles. The van der Waals surface area contributed by atoms with Gasteiger partial charge in [0, 0.05) is 23.9 Å². The van der Waals surface area contributed by atoms with Gasteiger partial charge < -0.3 is 10.6 Å². The van der Waals surface area contributed by atoms with Gasteiger partial charge >= 0.3 is 0 Å². The monoisotopic (exact) mass is 262 g/mol. The highest BCUT2D eigenvalue weighted by Crippen LogP contribution is 2.22. The van der Waals surface area contributed by atoms with Crippen molar-refractivity contribution in [2.24, 2.45) is 11.7 Å². The van der Waals surface area contributed by atoms with Gasteiger partial charge in [0.15, 0.2) is 0 Å². The van der Waals surface area contributed by atoms with Crippen LogP contribution in [0.5, 0.6) is 0 Å². The van der Waals surface area contributed by atoms with E-state index in [2.05, 4.69) is 18.0 Å². The molecule has 1 unspecified atom stereocenters. The van der Waals surface area contributed by atoms with E-state index in [4.69, 9.17) is 29.6 Å². The van der Waals surface area contributed by atoms with Gasteiger partial charge in [-0.3, -0.25) is 0 Å². The van der Waals surface area contributed by atoms with Crippen molar-refractivity contribution in [1.82, 2.24) is 4.90 Å². The molecule has 0 radical (unpaired) electrons. The van der Waals surface area contributed by atoms with Gasteiger partial charge in [0.05, 0.1) is 9.32 Å². The Morgan fingerprint density at radius 1 is 1.67 bits per heavy atom. The van der Waals surface area contributed by atoms with E-state index in [1.807, 2.05) is 13.0 Å². The minimum atomic E-state index is 0.250. The quantitative estimate of drug-likeness (QED) is 0.828. The molecule has 0 aliphatic heterocycles. The minimum Gasteiger partial charge on any atom is -0.393 e. The second-order valence-electron chi connectivity index (χ2n) is 3.71. The normalized spacial score (nSPS) is 13.1. The average molecular weight is 263 g/mol. The largest absolute Gasteiger partial charge is 0.393 e. The van der Waals surface area contributed by atoms with Crippen molar-refractivity contribution in [3.63, 3.8) is 0 Å². The molecule has 0 aromatic carbocycles. The Morgan fingerprint density at radius 3 is 2.80 bits per heavy atom. The number of thiocarbonyl (C=S) groups is 1. The van der Waals surface area contributed by atoms with Crippen molar-refractivity contribution in [2.75, 3.05) is 13.6 Å². The van der Waals surface area contributed by atoms with E-state index in [0.29, 0.717) is 4.99 Å². The molecule has 0 saturated carbocycles. The Kier molecular flexibility index (Phi) is 4.99. The molecule has 1 heterocycles. The van der Waals surface area contributed by atoms with Gasteiger partial charge in [-0.05, 0) is 19.2 Å². The summed E-state index contributed by atoms with van der Waals surface area (Å²) in [5, 5.41) is 0. The summed E-state index contributed by atoms with van der Waals surface area (Å²) in [4.78, 5) is 4.04. The molecule has 0 amide bonds. The first kappa shape index (κ1) is 12.9. The number of hydrogen-bond acceptors (Lipinski definition) is 3. The molecular weight excluding hydrogens is 248 g/mol. The molecule has 1 aromatic rings. The first-order chi connectivity index (χ1) is 6.99. The Balaban J connectivity index is 2.42. The number of thiophene rings is 1. The topological polar surface area (TPSA) is 29.3 Å². The van der Waals surface area contributed by atoms with Crippen LogP contribution < -0.4 is 5.73 Å². The average Bonchev–Trinajstić information content (AvgIpc) is 2.50. The Labute approximate surface area is 105 Å². The first-order valence-electron chi connectivity index (χ1n) is 4.71. The second kappa shape index (κ2) is 5.80. The Morgan fingerprint density at radius 2 is 2.33 bits per heavy atom. The van der Waals surface area contributed by atoms with E-state index in [-0.39, 0.29) is 5.92 Å². The molecule has 0 fully saturated rings. The van der Waals surface area contributed by atoms with Crippen LogP contribution in [0.15, 0.2) is 12.1 Å². The van der Waals surface area contributed by atoms with Crippen LogP contribution in [-0.4, -0.2) is 23.5 Å². The summed E-state index contributed by atoms with van der Waals surface area (Å²) in [6, 6.07) is 3.97. The molecule has 0 bridgehead atoms. The van der Waals surface area contributed by atoms with Crippen molar-refractivity contribution in [3.05, 3.63) is 21.3 Å². The van der Waals surface area contributed by atoms with Crippen molar-refractivity contribution >= 4 is 40.1 Å². The maximum Gasteiger partial charge on any atom is 0.0931 e. The fourth-order valence-electron chi connectivity index (χ4n) is 1.32. The molecule has 15 heavy (non-hydrogen) atoms. The zero-order valence-electron chi connectivity index (χ0n) is 8.87. The zero-order valence-corrected chi connectivity index (χ0v) is 11.3. The third kappa shape index (κ3) is 4.47. The lowest BCUT2D eigenvalue weighted by Crippen LogP contribution is -2.30. The van der Waals surface area contributed by atoms with Crippen LogP contribution in [0.3, 0.4) is 0 Å². The lowest BCUT2D eigenvalue weighted by molar-refractivity contribution is 0.310. The number of nitrogens with two attached hydrogens (primary N) is 1. The standard InChI is InChI=1S/C10H15ClN2S2/c1-7(10(12)14)5-13(2)6-8-3-4-9(11)15-8/h3-4,7H,5-6H2,1-2H3,(H2,12,14). The number of hydrogen-bond donors (Lipinski definition) is 1. The molecule has 0 spiro atoms. The summed E-state index contributed by atoms with van der Waals surface area (Å²) >= 11 is 12.4. The summed E-state index contributed by atoms with van der Waals surface area (Å²) in [6.45, 7) is 3.81. The molecule has 2 nitrogen and oxygen atoms in total. The van der Waals surface area contributed by atoms with Gasteiger partial charge in [-0.2, -0.15) is 0 Å². The van der Waals surface area contributed by atoms with E-state index < -0.39 is 0 Å². The molecule has 84 valence electrons. The summed E-state index contributed by atoms with van der Waals surface area (Å²) in [6.07, 6.45) is 0. The van der Waals surface area contributed by atoms with E-state index >= 15 is 0 Å². The van der Waals surface area contributed by atoms with E-state index in [9.17, 15) is 0 Å². The fourth-order valence-corrected chi connectivity index (χ4v) is 2.57. The maximum absolute atomic E-state index is 5.86. The molecule has 1 aromatic heterocycles. The van der Waals surface area contributed by atoms with Crippen molar-refractivity contribution < 1.29 is 0 Å². The van der Waals surface area contributed by atoms with Gasteiger partial charge in [-0.25, -0.2) is 0 Å². The van der Waals surface area contributed by atoms with Gasteiger partial charge in [-0.15, -0.1) is 11.3 Å². The van der Waals surface area contributed by atoms with E-state index in [1.165, 1.54) is 4.88 Å². The highest BCUT2D eigenvalue weighted by Gasteiger charge is 2.09. The predicted octanol–water partition coefficient (Wildman–Crippen LogP) is 2.76. The summed E-state index contributed by atoms with van der Waals surface area (Å²) < 4.78 is 0.834. The van der Waals surface area contributed by atoms with Gasteiger partial charge in [0.25, 0.3) is 0 Å². The predicted molar refractivity (Wildman–Crippen MR) is 71.6 cm³/mol. The maximum atomic E-state index is 5.86. The van der Waals surface area contributed by atoms with E-state index in [0.717, 1.165) is 17.4 Å². The van der Waals surface area contributed by atoms with Gasteiger partial charge in [0.2, 0.25) is 0 Å². The van der Waals surface area contributed by atoms with Gasteiger partial charge in [0.1, 0.15) is 0 Å². The lowest BCUT2D eigenvalue weighted by Gasteiger charge is -2.19. The smallest absolute Gasteiger partial charge is 0.0931 e. The highest BCUT2D eigenvalue weighted by atomic mass is 35.5. The van der Waals surface area contributed by atoms with Gasteiger partial charge in [-0.1, -0.05) is 30.7 Å². The number of rotatable bonds is 5. The Hall–Kier alpha value is -0.160. The number of halogens is 1. The van der Waals surface area contributed by atoms with Crippen molar-refractivity contribution in [3.8, 4) is 0 Å². The zero-order chi connectivity index (χ0) is 11.4. The molecule has 0 saturated heterocycles.